The SMILES string of the molecule is CCCCC/C=C\C=C\C(=O)CCCCCCCC(=O)OC[C@H](COP(=O)(O)OC[C@@H](O)COP(=O)(O)O)OC(=O)CC/C=C\C/C=C\C/C=C\C/C=C\C/C=C\CCCCC. The van der Waals surface area contributed by atoms with Gasteiger partial charge in [0.15, 0.2) is 11.9 Å². The highest BCUT2D eigenvalue weighted by molar-refractivity contribution is 7.47. The van der Waals surface area contributed by atoms with E-state index >= 15 is 0 Å². The maximum Gasteiger partial charge on any atom is 0.472 e. The number of hydrogen-bond acceptors (Lipinski definition) is 11. The number of aliphatic hydroxyl groups excluding tert-OH is 1. The van der Waals surface area contributed by atoms with Crippen LogP contribution in [0.2, 0.25) is 0 Å². The first-order valence-corrected chi connectivity index (χ1v) is 25.3. The lowest BCUT2D eigenvalue weighted by Gasteiger charge is -2.20. The fourth-order valence-electron chi connectivity index (χ4n) is 5.31. The number of ether oxygens (including phenoxy) is 2. The number of phosphoric ester groups is 2. The molecule has 354 valence electrons. The van der Waals surface area contributed by atoms with E-state index in [0.29, 0.717) is 25.7 Å². The molecule has 0 aromatic rings. The monoisotopic (exact) mass is 914 g/mol. The molecular formula is C46H76O14P2. The molecule has 0 heterocycles. The summed E-state index contributed by atoms with van der Waals surface area (Å²) in [6.07, 6.45) is 42.7. The van der Waals surface area contributed by atoms with Crippen LogP contribution in [0.15, 0.2) is 85.1 Å². The van der Waals surface area contributed by atoms with Gasteiger partial charge in [0.1, 0.15) is 12.7 Å². The second-order valence-electron chi connectivity index (χ2n) is 14.6. The molecule has 0 spiro atoms. The van der Waals surface area contributed by atoms with E-state index in [1.165, 1.54) is 32.1 Å². The molecule has 0 aliphatic carbocycles. The Kier molecular flexibility index (Phi) is 38.7. The summed E-state index contributed by atoms with van der Waals surface area (Å²) in [5.74, 6) is -1.15. The standard InChI is InChI=1S/C46H76O14P2/c1-3-5-7-9-11-12-13-14-15-16-17-18-19-20-21-22-24-28-33-37-46(50)60-44(41-59-62(54,55)58-39-43(48)38-57-61(51,52)53)40-56-45(49)36-32-29-25-27-31-35-42(47)34-30-26-23-10-8-6-4-2/h11-12,14-15,17-18,20-21,23-24,26,28,30,34,43-44,48H,3-10,13,16,19,22,25,27,29,31-33,35-41H2,1-2H3,(H,54,55)(H2,51,52,53)/b12-11-,15-14-,18-17-,21-20-,26-23-,28-24-,34-30+/t43-,44+/m0/s1. The van der Waals surface area contributed by atoms with Gasteiger partial charge < -0.3 is 29.3 Å². The number of hydrogen-bond donors (Lipinski definition) is 4. The molecule has 0 fully saturated rings. The summed E-state index contributed by atoms with van der Waals surface area (Å²) in [6.45, 7) is 1.45. The summed E-state index contributed by atoms with van der Waals surface area (Å²) >= 11 is 0. The quantitative estimate of drug-likeness (QED) is 0.0112. The summed E-state index contributed by atoms with van der Waals surface area (Å²) in [5, 5.41) is 9.74. The van der Waals surface area contributed by atoms with Crippen molar-refractivity contribution >= 4 is 33.4 Å². The van der Waals surface area contributed by atoms with E-state index in [-0.39, 0.29) is 18.6 Å². The fraction of sp³-hybridized carbons (Fsp3) is 0.630. The van der Waals surface area contributed by atoms with Crippen LogP contribution in [0.3, 0.4) is 0 Å². The molecule has 0 aliphatic heterocycles. The lowest BCUT2D eigenvalue weighted by Crippen LogP contribution is -2.29. The molecule has 0 amide bonds. The zero-order valence-corrected chi connectivity index (χ0v) is 39.0. The largest absolute Gasteiger partial charge is 0.472 e. The summed E-state index contributed by atoms with van der Waals surface area (Å²) < 4.78 is 47.6. The Labute approximate surface area is 371 Å². The number of rotatable bonds is 41. The van der Waals surface area contributed by atoms with Gasteiger partial charge in [-0.3, -0.25) is 28.0 Å². The normalized spacial score (nSPS) is 14.7. The van der Waals surface area contributed by atoms with Crippen molar-refractivity contribution in [2.45, 2.75) is 161 Å². The first-order valence-electron chi connectivity index (χ1n) is 22.2. The van der Waals surface area contributed by atoms with Crippen LogP contribution in [0.5, 0.6) is 0 Å². The number of carbonyl (C=O) groups excluding carboxylic acids is 3. The van der Waals surface area contributed by atoms with Gasteiger partial charge in [-0.1, -0.05) is 138 Å². The third-order valence-electron chi connectivity index (χ3n) is 8.74. The van der Waals surface area contributed by atoms with Gasteiger partial charge in [-0.25, -0.2) is 9.13 Å². The van der Waals surface area contributed by atoms with E-state index in [2.05, 4.69) is 71.5 Å². The predicted octanol–water partition coefficient (Wildman–Crippen LogP) is 10.7. The molecule has 0 aliphatic rings. The second-order valence-corrected chi connectivity index (χ2v) is 17.3. The third kappa shape index (κ3) is 43.6. The minimum Gasteiger partial charge on any atom is -0.462 e. The maximum absolute atomic E-state index is 12.6. The third-order valence-corrected chi connectivity index (χ3v) is 10.2. The van der Waals surface area contributed by atoms with Crippen LogP contribution in [0.25, 0.3) is 0 Å². The molecule has 62 heavy (non-hydrogen) atoms. The van der Waals surface area contributed by atoms with Crippen LogP contribution >= 0.6 is 15.6 Å². The summed E-state index contributed by atoms with van der Waals surface area (Å²) in [4.78, 5) is 64.7. The van der Waals surface area contributed by atoms with E-state index in [4.69, 9.17) is 23.8 Å². The molecule has 0 saturated carbocycles. The van der Waals surface area contributed by atoms with Crippen molar-refractivity contribution in [3.05, 3.63) is 85.1 Å². The first-order chi connectivity index (χ1) is 29.8. The zero-order valence-electron chi connectivity index (χ0n) is 37.2. The lowest BCUT2D eigenvalue weighted by molar-refractivity contribution is -0.161. The topological polar surface area (TPSA) is 212 Å². The molecule has 0 bridgehead atoms. The van der Waals surface area contributed by atoms with Crippen LogP contribution in [-0.4, -0.2) is 76.1 Å². The Hall–Kier alpha value is -3.03. The summed E-state index contributed by atoms with van der Waals surface area (Å²) in [7, 11) is -9.75. The average Bonchev–Trinajstić information content (AvgIpc) is 3.23. The number of aliphatic hydroxyl groups is 1. The van der Waals surface area contributed by atoms with Gasteiger partial charge in [-0.2, -0.15) is 0 Å². The highest BCUT2D eigenvalue weighted by atomic mass is 31.2. The Balaban J connectivity index is 4.73. The van der Waals surface area contributed by atoms with Crippen LogP contribution in [0.1, 0.15) is 149 Å². The summed E-state index contributed by atoms with van der Waals surface area (Å²) in [5.41, 5.74) is 0. The number of allylic oxidation sites excluding steroid dienone is 14. The van der Waals surface area contributed by atoms with Crippen molar-refractivity contribution in [2.75, 3.05) is 26.4 Å². The minimum atomic E-state index is -4.89. The van der Waals surface area contributed by atoms with Gasteiger partial charge in [0, 0.05) is 19.3 Å². The highest BCUT2D eigenvalue weighted by Crippen LogP contribution is 2.43. The van der Waals surface area contributed by atoms with Gasteiger partial charge in [0.25, 0.3) is 0 Å². The van der Waals surface area contributed by atoms with Crippen molar-refractivity contribution in [1.82, 2.24) is 0 Å². The van der Waals surface area contributed by atoms with Crippen molar-refractivity contribution < 1.29 is 66.3 Å². The highest BCUT2D eigenvalue weighted by Gasteiger charge is 2.28. The first kappa shape index (κ1) is 59.0. The van der Waals surface area contributed by atoms with Gasteiger partial charge in [0.2, 0.25) is 0 Å². The van der Waals surface area contributed by atoms with Gasteiger partial charge in [-0.05, 0) is 76.7 Å². The van der Waals surface area contributed by atoms with Crippen LogP contribution in [0, 0.1) is 0 Å². The smallest absolute Gasteiger partial charge is 0.462 e. The molecular weight excluding hydrogens is 838 g/mol. The van der Waals surface area contributed by atoms with Crippen molar-refractivity contribution in [1.29, 1.82) is 0 Å². The van der Waals surface area contributed by atoms with Gasteiger partial charge in [0.05, 0.1) is 19.8 Å². The molecule has 0 rings (SSSR count). The Bertz CT molecular complexity index is 1480. The number of phosphoric acid groups is 2. The molecule has 0 saturated heterocycles. The van der Waals surface area contributed by atoms with E-state index < -0.39 is 66.2 Å². The average molecular weight is 915 g/mol. The van der Waals surface area contributed by atoms with E-state index in [9.17, 15) is 33.5 Å². The van der Waals surface area contributed by atoms with Gasteiger partial charge in [-0.15, -0.1) is 0 Å². The molecule has 1 unspecified atom stereocenters. The number of carbonyl (C=O) groups is 3. The second kappa shape index (κ2) is 40.7. The van der Waals surface area contributed by atoms with Crippen LogP contribution in [0.4, 0.5) is 0 Å². The molecule has 16 heteroatoms. The molecule has 4 N–H and O–H groups in total. The molecule has 0 aromatic carbocycles. The zero-order chi connectivity index (χ0) is 46.0. The Morgan fingerprint density at radius 2 is 1.02 bits per heavy atom. The van der Waals surface area contributed by atoms with Crippen molar-refractivity contribution in [2.24, 2.45) is 0 Å². The Morgan fingerprint density at radius 1 is 0.516 bits per heavy atom. The number of ketones is 1. The Morgan fingerprint density at radius 3 is 1.60 bits per heavy atom. The lowest BCUT2D eigenvalue weighted by atomic mass is 10.1. The molecule has 0 radical (unpaired) electrons. The molecule has 3 atom stereocenters. The fourth-order valence-corrected chi connectivity index (χ4v) is 6.47. The van der Waals surface area contributed by atoms with E-state index in [0.717, 1.165) is 64.2 Å². The maximum atomic E-state index is 12.6. The van der Waals surface area contributed by atoms with Crippen LogP contribution < -0.4 is 0 Å². The molecule has 0 aromatic heterocycles. The number of esters is 2. The van der Waals surface area contributed by atoms with E-state index in [1.54, 1.807) is 12.2 Å². The number of unbranched alkanes of at least 4 members (excludes halogenated alkanes) is 10. The minimum absolute atomic E-state index is 0.0212. The van der Waals surface area contributed by atoms with Crippen molar-refractivity contribution in [3.63, 3.8) is 0 Å². The van der Waals surface area contributed by atoms with Gasteiger partial charge >= 0.3 is 27.6 Å². The van der Waals surface area contributed by atoms with Crippen molar-refractivity contribution in [3.8, 4) is 0 Å². The summed E-state index contributed by atoms with van der Waals surface area (Å²) in [6, 6.07) is 0. The van der Waals surface area contributed by atoms with E-state index in [1.807, 2.05) is 24.3 Å². The molecule has 14 nitrogen and oxygen atoms in total. The predicted molar refractivity (Wildman–Crippen MR) is 244 cm³/mol. The van der Waals surface area contributed by atoms with Crippen LogP contribution in [-0.2, 0) is 46.6 Å².